The van der Waals surface area contributed by atoms with Crippen LogP contribution in [0.5, 0.6) is 5.75 Å². The molecule has 1 unspecified atom stereocenters. The topological polar surface area (TPSA) is 116 Å². The number of aromatic nitrogens is 3. The zero-order valence-corrected chi connectivity index (χ0v) is 27.0. The number of para-hydroxylation sites is 1. The van der Waals surface area contributed by atoms with Crippen LogP contribution >= 0.6 is 22.9 Å². The number of carbonyl (C=O) groups is 2. The first-order valence-corrected chi connectivity index (χ1v) is 15.6. The fraction of sp³-hybridized carbons (Fsp3) is 0.281. The van der Waals surface area contributed by atoms with Gasteiger partial charge < -0.3 is 30.1 Å². The number of carbonyl (C=O) groups excluding carboxylic acids is 2. The van der Waals surface area contributed by atoms with Crippen molar-refractivity contribution in [3.63, 3.8) is 0 Å². The van der Waals surface area contributed by atoms with E-state index in [1.165, 1.54) is 23.6 Å². The predicted octanol–water partition coefficient (Wildman–Crippen LogP) is 5.53. The van der Waals surface area contributed by atoms with Gasteiger partial charge in [-0.3, -0.25) is 9.59 Å². The van der Waals surface area contributed by atoms with Gasteiger partial charge in [-0.25, -0.2) is 15.0 Å². The number of ether oxygens (including phenoxy) is 1. The molecule has 1 saturated heterocycles. The van der Waals surface area contributed by atoms with Crippen molar-refractivity contribution in [1.29, 1.82) is 0 Å². The number of hydrogen-bond donors (Lipinski definition) is 2. The lowest BCUT2D eigenvalue weighted by Crippen LogP contribution is -2.60. The van der Waals surface area contributed by atoms with E-state index in [2.05, 4.69) is 38.1 Å². The van der Waals surface area contributed by atoms with Gasteiger partial charge >= 0.3 is 0 Å². The lowest BCUT2D eigenvalue weighted by molar-refractivity contribution is -0.126. The summed E-state index contributed by atoms with van der Waals surface area (Å²) in [7, 11) is 3.62. The Labute approximate surface area is 270 Å². The van der Waals surface area contributed by atoms with Gasteiger partial charge in [-0.05, 0) is 49.8 Å². The number of pyridine rings is 2. The summed E-state index contributed by atoms with van der Waals surface area (Å²) in [6.07, 6.45) is 2.89. The molecule has 4 aromatic rings. The molecule has 2 aliphatic heterocycles. The maximum Gasteiger partial charge on any atom is 0.267 e. The Kier molecular flexibility index (Phi) is 8.34. The highest BCUT2D eigenvalue weighted by Crippen LogP contribution is 2.39. The van der Waals surface area contributed by atoms with Crippen molar-refractivity contribution in [3.8, 4) is 17.0 Å². The van der Waals surface area contributed by atoms with Crippen molar-refractivity contribution in [2.24, 2.45) is 0 Å². The first-order chi connectivity index (χ1) is 21.7. The van der Waals surface area contributed by atoms with Crippen LogP contribution in [-0.2, 0) is 4.79 Å². The van der Waals surface area contributed by atoms with Gasteiger partial charge in [0.05, 0.1) is 41.4 Å². The second-order valence-electron chi connectivity index (χ2n) is 11.0. The van der Waals surface area contributed by atoms with Crippen molar-refractivity contribution in [2.75, 3.05) is 60.8 Å². The van der Waals surface area contributed by atoms with Crippen LogP contribution in [0.15, 0.2) is 55.3 Å². The van der Waals surface area contributed by atoms with Crippen molar-refractivity contribution in [2.45, 2.75) is 19.9 Å². The number of aryl methyl sites for hydroxylation is 2. The number of thiazole rings is 1. The average Bonchev–Trinajstić information content (AvgIpc) is 3.50. The third-order valence-corrected chi connectivity index (χ3v) is 9.31. The maximum atomic E-state index is 13.0. The minimum Gasteiger partial charge on any atom is -0.493 e. The van der Waals surface area contributed by atoms with Crippen LogP contribution in [0.1, 0.15) is 20.9 Å². The van der Waals surface area contributed by atoms with E-state index in [-0.39, 0.29) is 17.9 Å². The Morgan fingerprint density at radius 3 is 2.73 bits per heavy atom. The van der Waals surface area contributed by atoms with Crippen molar-refractivity contribution in [1.82, 2.24) is 19.9 Å². The highest BCUT2D eigenvalue weighted by Gasteiger charge is 2.36. The summed E-state index contributed by atoms with van der Waals surface area (Å²) in [4.78, 5) is 46.3. The molecule has 1 atom stereocenters. The molecule has 45 heavy (non-hydrogen) atoms. The summed E-state index contributed by atoms with van der Waals surface area (Å²) in [6, 6.07) is 11.5. The number of rotatable bonds is 7. The third-order valence-electron chi connectivity index (χ3n) is 8.08. The smallest absolute Gasteiger partial charge is 0.267 e. The molecule has 1 aromatic carbocycles. The van der Waals surface area contributed by atoms with E-state index in [0.29, 0.717) is 57.6 Å². The van der Waals surface area contributed by atoms with Gasteiger partial charge in [0.1, 0.15) is 4.88 Å². The fourth-order valence-electron chi connectivity index (χ4n) is 5.72. The quantitative estimate of drug-likeness (QED) is 0.251. The first-order valence-electron chi connectivity index (χ1n) is 14.4. The molecule has 11 nitrogen and oxygen atoms in total. The number of nitrogens with zero attached hydrogens (tertiary/aromatic N) is 6. The standard InChI is InChI=1S/C32H33ClN8O3S/c1-6-27(42)40-12-13-41-20(17-40)16-39(4)24-14-21(19(3)35-30(24)41)23-10-11-25(44-5)29(36-23)38-32-34-15-26(45-32)31(43)37-28-18(2)8-7-9-22(28)33/h6-11,14-15,20H,1,12-13,16-17H2,2-5H3,(H,37,43)(H,34,36,38). The summed E-state index contributed by atoms with van der Waals surface area (Å²) < 4.78 is 5.59. The van der Waals surface area contributed by atoms with Crippen LogP contribution in [-0.4, -0.2) is 78.0 Å². The Bertz CT molecular complexity index is 1790. The molecule has 0 aliphatic carbocycles. The number of anilines is 5. The fourth-order valence-corrected chi connectivity index (χ4v) is 6.70. The average molecular weight is 645 g/mol. The first kappa shape index (κ1) is 30.4. The monoisotopic (exact) mass is 644 g/mol. The van der Waals surface area contributed by atoms with E-state index >= 15 is 0 Å². The number of hydrogen-bond acceptors (Lipinski definition) is 10. The van der Waals surface area contributed by atoms with Gasteiger partial charge in [0.25, 0.3) is 5.91 Å². The van der Waals surface area contributed by atoms with E-state index in [0.717, 1.165) is 34.9 Å². The van der Waals surface area contributed by atoms with Crippen LogP contribution in [0, 0.1) is 13.8 Å². The van der Waals surface area contributed by atoms with Gasteiger partial charge in [0.15, 0.2) is 22.5 Å². The number of halogens is 1. The molecule has 0 bridgehead atoms. The number of likely N-dealkylation sites (N-methyl/N-ethyl adjacent to an activating group) is 1. The van der Waals surface area contributed by atoms with Crippen molar-refractivity contribution >= 4 is 62.9 Å². The molecule has 3 aromatic heterocycles. The van der Waals surface area contributed by atoms with E-state index < -0.39 is 0 Å². The molecule has 1 fully saturated rings. The molecular weight excluding hydrogens is 612 g/mol. The highest BCUT2D eigenvalue weighted by molar-refractivity contribution is 7.17. The SMILES string of the molecule is C=CC(=O)N1CCN2c3nc(C)c(-c4ccc(OC)c(Nc5ncc(C(=O)Nc6c(C)cccc6Cl)s5)n4)cc3N(C)CC2C1. The molecule has 5 heterocycles. The Hall–Kier alpha value is -4.68. The van der Waals surface area contributed by atoms with Gasteiger partial charge in [0, 0.05) is 44.5 Å². The zero-order chi connectivity index (χ0) is 31.8. The van der Waals surface area contributed by atoms with Crippen LogP contribution in [0.2, 0.25) is 5.02 Å². The van der Waals surface area contributed by atoms with Crippen molar-refractivity contribution < 1.29 is 14.3 Å². The van der Waals surface area contributed by atoms with E-state index in [4.69, 9.17) is 26.3 Å². The van der Waals surface area contributed by atoms with E-state index in [1.54, 1.807) is 13.2 Å². The lowest BCUT2D eigenvalue weighted by atomic mass is 10.0. The zero-order valence-electron chi connectivity index (χ0n) is 25.4. The Morgan fingerprint density at radius 1 is 1.16 bits per heavy atom. The molecule has 2 N–H and O–H groups in total. The summed E-state index contributed by atoms with van der Waals surface area (Å²) in [5, 5.41) is 7.07. The summed E-state index contributed by atoms with van der Waals surface area (Å²) in [5.74, 6) is 1.56. The molecule has 2 aliphatic rings. The molecule has 6 rings (SSSR count). The predicted molar refractivity (Wildman–Crippen MR) is 179 cm³/mol. The van der Waals surface area contributed by atoms with E-state index in [9.17, 15) is 9.59 Å². The largest absolute Gasteiger partial charge is 0.493 e. The highest BCUT2D eigenvalue weighted by atomic mass is 35.5. The maximum absolute atomic E-state index is 13.0. The second kappa shape index (κ2) is 12.4. The summed E-state index contributed by atoms with van der Waals surface area (Å²) in [6.45, 7) is 10.2. The summed E-state index contributed by atoms with van der Waals surface area (Å²) >= 11 is 7.49. The molecule has 2 amide bonds. The summed E-state index contributed by atoms with van der Waals surface area (Å²) in [5.41, 5.74) is 4.88. The Balaban J connectivity index is 1.25. The van der Waals surface area contributed by atoms with Crippen LogP contribution in [0.3, 0.4) is 0 Å². The van der Waals surface area contributed by atoms with Gasteiger partial charge in [-0.15, -0.1) is 0 Å². The molecule has 13 heteroatoms. The van der Waals surface area contributed by atoms with Crippen molar-refractivity contribution in [3.05, 3.63) is 76.4 Å². The molecular formula is C32H33ClN8O3S. The molecule has 0 saturated carbocycles. The van der Waals surface area contributed by atoms with E-state index in [1.807, 2.05) is 50.1 Å². The number of benzene rings is 1. The minimum atomic E-state index is -0.304. The molecule has 0 radical (unpaired) electrons. The number of amides is 2. The number of nitrogens with one attached hydrogen (secondary N) is 2. The number of fused-ring (bicyclic) bond motifs is 3. The lowest BCUT2D eigenvalue weighted by Gasteiger charge is -2.48. The van der Waals surface area contributed by atoms with Crippen LogP contribution in [0.25, 0.3) is 11.3 Å². The number of methoxy groups -OCH3 is 1. The Morgan fingerprint density at radius 2 is 1.98 bits per heavy atom. The number of piperazine rings is 1. The minimum absolute atomic E-state index is 0.0398. The normalized spacial score (nSPS) is 15.7. The van der Waals surface area contributed by atoms with Crippen LogP contribution in [0.4, 0.5) is 28.1 Å². The molecule has 0 spiro atoms. The van der Waals surface area contributed by atoms with Gasteiger partial charge in [-0.1, -0.05) is 41.6 Å². The van der Waals surface area contributed by atoms with Crippen LogP contribution < -0.4 is 25.2 Å². The van der Waals surface area contributed by atoms with Gasteiger partial charge in [0.2, 0.25) is 5.91 Å². The molecule has 232 valence electrons. The third kappa shape index (κ3) is 5.90. The second-order valence-corrected chi connectivity index (χ2v) is 12.4. The van der Waals surface area contributed by atoms with Gasteiger partial charge in [-0.2, -0.15) is 0 Å².